The van der Waals surface area contributed by atoms with Crippen LogP contribution >= 0.6 is 0 Å². The first kappa shape index (κ1) is 23.3. The summed E-state index contributed by atoms with van der Waals surface area (Å²) < 4.78 is 19.1. The summed E-state index contributed by atoms with van der Waals surface area (Å²) in [7, 11) is 1.77. The Labute approximate surface area is 191 Å². The molecule has 0 bridgehead atoms. The Balaban J connectivity index is 1.40. The average Bonchev–Trinajstić information content (AvgIpc) is 3.27. The number of hydrogen-bond donors (Lipinski definition) is 2. The lowest BCUT2D eigenvalue weighted by molar-refractivity contribution is 0.101. The molecule has 0 saturated carbocycles. The second-order valence-corrected chi connectivity index (χ2v) is 9.15. The molecule has 2 aliphatic heterocycles. The number of aromatic nitrogens is 1. The van der Waals surface area contributed by atoms with Crippen molar-refractivity contribution >= 4 is 0 Å². The first-order chi connectivity index (χ1) is 15.7. The maximum Gasteiger partial charge on any atom is 0.123 e. The Bertz CT molecular complexity index is 815. The van der Waals surface area contributed by atoms with E-state index in [1.807, 2.05) is 18.5 Å². The zero-order chi connectivity index (χ0) is 22.2. The predicted octanol–water partition coefficient (Wildman–Crippen LogP) is 2.85. The van der Waals surface area contributed by atoms with Gasteiger partial charge in [0.25, 0.3) is 0 Å². The summed E-state index contributed by atoms with van der Waals surface area (Å²) in [5.41, 5.74) is 8.99. The molecule has 174 valence electrons. The van der Waals surface area contributed by atoms with Crippen LogP contribution in [0.4, 0.5) is 4.39 Å². The van der Waals surface area contributed by atoms with E-state index < -0.39 is 0 Å². The molecular formula is C25H36FN5O. The number of benzene rings is 1. The van der Waals surface area contributed by atoms with Crippen LogP contribution in [0, 0.1) is 17.7 Å². The summed E-state index contributed by atoms with van der Waals surface area (Å²) in [6, 6.07) is 11.3. The number of piperidine rings is 1. The van der Waals surface area contributed by atoms with Gasteiger partial charge in [-0.15, -0.1) is 0 Å². The van der Waals surface area contributed by atoms with Crippen LogP contribution < -0.4 is 10.9 Å². The monoisotopic (exact) mass is 441 g/mol. The van der Waals surface area contributed by atoms with Gasteiger partial charge in [-0.3, -0.25) is 15.3 Å². The minimum Gasteiger partial charge on any atom is -0.383 e. The van der Waals surface area contributed by atoms with Crippen molar-refractivity contribution in [1.29, 1.82) is 0 Å². The Morgan fingerprint density at radius 2 is 1.97 bits per heavy atom. The second-order valence-electron chi connectivity index (χ2n) is 9.15. The largest absolute Gasteiger partial charge is 0.383 e. The fourth-order valence-electron chi connectivity index (χ4n) is 5.02. The highest BCUT2D eigenvalue weighted by atomic mass is 19.1. The fraction of sp³-hybridized carbons (Fsp3) is 0.560. The van der Waals surface area contributed by atoms with Gasteiger partial charge in [0, 0.05) is 58.1 Å². The molecule has 4 rings (SSSR count). The Hall–Kier alpha value is -1.90. The predicted molar refractivity (Wildman–Crippen MR) is 124 cm³/mol. The lowest BCUT2D eigenvalue weighted by Gasteiger charge is -2.36. The van der Waals surface area contributed by atoms with Crippen molar-refractivity contribution in [2.24, 2.45) is 11.8 Å². The molecule has 0 spiro atoms. The number of likely N-dealkylation sites (tertiary alicyclic amines) is 1. The molecular weight excluding hydrogens is 405 g/mol. The summed E-state index contributed by atoms with van der Waals surface area (Å²) >= 11 is 0. The first-order valence-electron chi connectivity index (χ1n) is 11.8. The Morgan fingerprint density at radius 3 is 2.72 bits per heavy atom. The summed E-state index contributed by atoms with van der Waals surface area (Å²) in [5.74, 6) is 0.898. The third kappa shape index (κ3) is 6.56. The van der Waals surface area contributed by atoms with E-state index in [9.17, 15) is 4.39 Å². The van der Waals surface area contributed by atoms with Crippen LogP contribution in [-0.2, 0) is 11.3 Å². The van der Waals surface area contributed by atoms with Crippen LogP contribution in [0.15, 0.2) is 48.8 Å². The van der Waals surface area contributed by atoms with E-state index in [4.69, 9.17) is 4.74 Å². The van der Waals surface area contributed by atoms with Gasteiger partial charge in [0.2, 0.25) is 0 Å². The van der Waals surface area contributed by atoms with Crippen LogP contribution in [0.1, 0.15) is 30.0 Å². The van der Waals surface area contributed by atoms with Crippen molar-refractivity contribution < 1.29 is 9.13 Å². The van der Waals surface area contributed by atoms with Gasteiger partial charge < -0.3 is 9.64 Å². The van der Waals surface area contributed by atoms with E-state index in [0.29, 0.717) is 11.8 Å². The van der Waals surface area contributed by atoms with Gasteiger partial charge in [0.15, 0.2) is 0 Å². The van der Waals surface area contributed by atoms with Gasteiger partial charge >= 0.3 is 0 Å². The van der Waals surface area contributed by atoms with Gasteiger partial charge in [-0.1, -0.05) is 12.1 Å². The zero-order valence-electron chi connectivity index (χ0n) is 19.0. The first-order valence-corrected chi connectivity index (χ1v) is 11.8. The van der Waals surface area contributed by atoms with E-state index in [-0.39, 0.29) is 11.9 Å². The van der Waals surface area contributed by atoms with E-state index >= 15 is 0 Å². The van der Waals surface area contributed by atoms with Gasteiger partial charge in [-0.2, -0.15) is 0 Å². The van der Waals surface area contributed by atoms with E-state index in [1.165, 1.54) is 24.5 Å². The van der Waals surface area contributed by atoms with Crippen molar-refractivity contribution in [2.75, 3.05) is 53.0 Å². The van der Waals surface area contributed by atoms with Crippen LogP contribution in [-0.4, -0.2) is 67.8 Å². The minimum atomic E-state index is -0.177. The van der Waals surface area contributed by atoms with E-state index in [1.54, 1.807) is 19.2 Å². The quantitative estimate of drug-likeness (QED) is 0.591. The fourth-order valence-corrected chi connectivity index (χ4v) is 5.02. The van der Waals surface area contributed by atoms with Crippen molar-refractivity contribution in [3.63, 3.8) is 0 Å². The van der Waals surface area contributed by atoms with Crippen molar-refractivity contribution in [3.8, 4) is 0 Å². The van der Waals surface area contributed by atoms with Crippen molar-refractivity contribution in [3.05, 3.63) is 65.7 Å². The molecule has 2 aliphatic rings. The number of pyridine rings is 1. The molecule has 6 nitrogen and oxygen atoms in total. The number of halogens is 1. The topological polar surface area (TPSA) is 52.7 Å². The number of rotatable bonds is 10. The van der Waals surface area contributed by atoms with E-state index in [0.717, 1.165) is 58.0 Å². The van der Waals surface area contributed by atoms with Gasteiger partial charge in [-0.05, 0) is 67.2 Å². The summed E-state index contributed by atoms with van der Waals surface area (Å²) in [6.07, 6.45) is 6.20. The van der Waals surface area contributed by atoms with Crippen LogP contribution in [0.3, 0.4) is 0 Å². The number of hydrogen-bond acceptors (Lipinski definition) is 6. The molecule has 2 saturated heterocycles. The molecule has 1 aromatic carbocycles. The van der Waals surface area contributed by atoms with Gasteiger partial charge in [0.1, 0.15) is 5.82 Å². The molecule has 0 radical (unpaired) electrons. The molecule has 1 aromatic heterocycles. The molecule has 2 N–H and O–H groups in total. The maximum absolute atomic E-state index is 13.8. The smallest absolute Gasteiger partial charge is 0.123 e. The number of ether oxygens (including phenoxy) is 1. The van der Waals surface area contributed by atoms with Crippen molar-refractivity contribution in [2.45, 2.75) is 25.4 Å². The Kier molecular flexibility index (Phi) is 8.59. The van der Waals surface area contributed by atoms with Crippen LogP contribution in [0.25, 0.3) is 0 Å². The summed E-state index contributed by atoms with van der Waals surface area (Å²) in [5, 5.41) is 0. The van der Waals surface area contributed by atoms with Gasteiger partial charge in [-0.25, -0.2) is 9.82 Å². The lowest BCUT2D eigenvalue weighted by atomic mass is 9.92. The molecule has 7 heteroatoms. The summed E-state index contributed by atoms with van der Waals surface area (Å²) in [6.45, 7) is 7.98. The standard InChI is InChI=1S/C25H36FN5O/c1-32-14-13-30-11-7-21(8-12-30)18-31(17-20-5-9-27-10-6-20)19-23-16-28-29-25(23)22-3-2-4-24(26)15-22/h2-6,9-10,15,21,23,25,28-29H,7-8,11-14,16-19H2,1H3. The lowest BCUT2D eigenvalue weighted by Crippen LogP contribution is -2.41. The molecule has 0 aliphatic carbocycles. The van der Waals surface area contributed by atoms with Crippen LogP contribution in [0.2, 0.25) is 0 Å². The third-order valence-electron chi connectivity index (χ3n) is 6.78. The Morgan fingerprint density at radius 1 is 1.16 bits per heavy atom. The third-order valence-corrected chi connectivity index (χ3v) is 6.78. The molecule has 32 heavy (non-hydrogen) atoms. The van der Waals surface area contributed by atoms with Crippen molar-refractivity contribution in [1.82, 2.24) is 25.6 Å². The van der Waals surface area contributed by atoms with E-state index in [2.05, 4.69) is 37.8 Å². The highest BCUT2D eigenvalue weighted by Crippen LogP contribution is 2.28. The molecule has 2 fully saturated rings. The molecule has 2 aromatic rings. The highest BCUT2D eigenvalue weighted by molar-refractivity contribution is 5.22. The number of nitrogens with zero attached hydrogens (tertiary/aromatic N) is 3. The highest BCUT2D eigenvalue weighted by Gasteiger charge is 2.31. The molecule has 2 unspecified atom stereocenters. The minimum absolute atomic E-state index is 0.113. The molecule has 3 heterocycles. The number of nitrogens with one attached hydrogen (secondary N) is 2. The molecule has 0 amide bonds. The number of methoxy groups -OCH3 is 1. The zero-order valence-corrected chi connectivity index (χ0v) is 19.0. The summed E-state index contributed by atoms with van der Waals surface area (Å²) in [4.78, 5) is 9.28. The molecule has 2 atom stereocenters. The normalized spacial score (nSPS) is 22.6. The maximum atomic E-state index is 13.8. The van der Waals surface area contributed by atoms with Crippen LogP contribution in [0.5, 0.6) is 0 Å². The van der Waals surface area contributed by atoms with Gasteiger partial charge in [0.05, 0.1) is 12.6 Å². The SMILES string of the molecule is COCCN1CCC(CN(Cc2ccncc2)CC2CNNC2c2cccc(F)c2)CC1. The second kappa shape index (κ2) is 11.8. The average molecular weight is 442 g/mol. The number of hydrazine groups is 1.